The number of benzene rings is 1. The van der Waals surface area contributed by atoms with Crippen molar-refractivity contribution in [2.24, 2.45) is 11.1 Å². The highest BCUT2D eigenvalue weighted by molar-refractivity contribution is 7.91. The average molecular weight is 320 g/mol. The third kappa shape index (κ3) is 4.14. The Morgan fingerprint density at radius 2 is 1.86 bits per heavy atom. The summed E-state index contributed by atoms with van der Waals surface area (Å²) in [6.45, 7) is 7.13. The second-order valence-electron chi connectivity index (χ2n) is 5.66. The molecule has 120 valence electrons. The molecule has 0 aromatic heterocycles. The Hall–Kier alpha value is -1.21. The van der Waals surface area contributed by atoms with Crippen LogP contribution in [-0.2, 0) is 9.84 Å². The van der Waals surface area contributed by atoms with Crippen molar-refractivity contribution in [2.75, 3.05) is 24.5 Å². The molecule has 0 bridgehead atoms. The fraction of sp³-hybridized carbons (Fsp3) is 0.571. The zero-order valence-electron chi connectivity index (χ0n) is 12.5. The van der Waals surface area contributed by atoms with E-state index in [1.807, 2.05) is 20.8 Å². The molecule has 0 saturated carbocycles. The summed E-state index contributed by atoms with van der Waals surface area (Å²) in [5, 5.41) is 0. The molecule has 0 atom stereocenters. The Balaban J connectivity index is 3.30. The van der Waals surface area contributed by atoms with Crippen molar-refractivity contribution < 1.29 is 17.2 Å². The van der Waals surface area contributed by atoms with Gasteiger partial charge in [-0.15, -0.1) is 0 Å². The van der Waals surface area contributed by atoms with Gasteiger partial charge < -0.3 is 10.6 Å². The number of halogens is 2. The van der Waals surface area contributed by atoms with Crippen LogP contribution in [0.2, 0.25) is 0 Å². The molecule has 1 aromatic rings. The molecule has 1 rings (SSSR count). The highest BCUT2D eigenvalue weighted by Crippen LogP contribution is 2.30. The number of anilines is 1. The van der Waals surface area contributed by atoms with Gasteiger partial charge in [-0.1, -0.05) is 26.0 Å². The first-order valence-corrected chi connectivity index (χ1v) is 8.26. The van der Waals surface area contributed by atoms with Crippen molar-refractivity contribution in [1.29, 1.82) is 0 Å². The van der Waals surface area contributed by atoms with Gasteiger partial charge in [0.05, 0.1) is 10.6 Å². The van der Waals surface area contributed by atoms with E-state index in [-0.39, 0.29) is 10.3 Å². The molecule has 0 radical (unpaired) electrons. The summed E-state index contributed by atoms with van der Waals surface area (Å²) in [5.74, 6) is -3.43. The van der Waals surface area contributed by atoms with E-state index in [1.54, 1.807) is 17.0 Å². The number of rotatable bonds is 7. The van der Waals surface area contributed by atoms with E-state index in [0.717, 1.165) is 0 Å². The molecular formula is C14H22F2N2O2S. The Morgan fingerprint density at radius 1 is 1.29 bits per heavy atom. The standard InChI is InChI=1S/C14H22F2N2O2S/c1-4-18(10-14(2,3)9-17)11-7-5-6-8-12(11)21(19,20)13(15)16/h5-8,13H,4,9-10,17H2,1-3H3. The van der Waals surface area contributed by atoms with Crippen molar-refractivity contribution in [3.05, 3.63) is 24.3 Å². The molecule has 21 heavy (non-hydrogen) atoms. The Morgan fingerprint density at radius 3 is 2.33 bits per heavy atom. The molecule has 0 spiro atoms. The molecule has 0 heterocycles. The first-order valence-electron chi connectivity index (χ1n) is 6.72. The molecule has 0 unspecified atom stereocenters. The average Bonchev–Trinajstić information content (AvgIpc) is 2.44. The maximum absolute atomic E-state index is 12.8. The van der Waals surface area contributed by atoms with E-state index in [1.165, 1.54) is 12.1 Å². The predicted molar refractivity (Wildman–Crippen MR) is 80.4 cm³/mol. The van der Waals surface area contributed by atoms with E-state index in [2.05, 4.69) is 0 Å². The van der Waals surface area contributed by atoms with Crippen molar-refractivity contribution >= 4 is 15.5 Å². The van der Waals surface area contributed by atoms with Gasteiger partial charge in [0, 0.05) is 13.1 Å². The fourth-order valence-electron chi connectivity index (χ4n) is 2.00. The SMILES string of the molecule is CCN(CC(C)(C)CN)c1ccccc1S(=O)(=O)C(F)F. The third-order valence-electron chi connectivity index (χ3n) is 3.30. The van der Waals surface area contributed by atoms with Crippen LogP contribution >= 0.6 is 0 Å². The van der Waals surface area contributed by atoms with Crippen LogP contribution in [-0.4, -0.2) is 33.8 Å². The number of nitrogens with zero attached hydrogens (tertiary/aromatic N) is 1. The summed E-state index contributed by atoms with van der Waals surface area (Å²) >= 11 is 0. The molecule has 0 aliphatic carbocycles. The molecule has 2 N–H and O–H groups in total. The number of hydrogen-bond donors (Lipinski definition) is 1. The van der Waals surface area contributed by atoms with Gasteiger partial charge in [0.1, 0.15) is 0 Å². The third-order valence-corrected chi connectivity index (χ3v) is 4.73. The zero-order valence-corrected chi connectivity index (χ0v) is 13.3. The van der Waals surface area contributed by atoms with Gasteiger partial charge in [-0.2, -0.15) is 8.78 Å². The number of sulfone groups is 1. The Kier molecular flexibility index (Phi) is 5.69. The quantitative estimate of drug-likeness (QED) is 0.838. The van der Waals surface area contributed by atoms with Crippen LogP contribution in [0.1, 0.15) is 20.8 Å². The molecule has 7 heteroatoms. The van der Waals surface area contributed by atoms with Gasteiger partial charge in [0.25, 0.3) is 0 Å². The largest absolute Gasteiger partial charge is 0.370 e. The molecule has 0 amide bonds. The van der Waals surface area contributed by atoms with E-state index in [4.69, 9.17) is 5.73 Å². The summed E-state index contributed by atoms with van der Waals surface area (Å²) in [6.07, 6.45) is 0. The lowest BCUT2D eigenvalue weighted by molar-refractivity contribution is 0.234. The van der Waals surface area contributed by atoms with Gasteiger partial charge >= 0.3 is 5.76 Å². The van der Waals surface area contributed by atoms with E-state index in [9.17, 15) is 17.2 Å². The van der Waals surface area contributed by atoms with Crippen LogP contribution < -0.4 is 10.6 Å². The second-order valence-corrected chi connectivity index (χ2v) is 7.54. The van der Waals surface area contributed by atoms with Gasteiger partial charge in [-0.25, -0.2) is 8.42 Å². The van der Waals surface area contributed by atoms with Crippen LogP contribution in [0.15, 0.2) is 29.2 Å². The van der Waals surface area contributed by atoms with E-state index < -0.39 is 15.6 Å². The molecular weight excluding hydrogens is 298 g/mol. The highest BCUT2D eigenvalue weighted by Gasteiger charge is 2.31. The number of nitrogens with two attached hydrogens (primary N) is 1. The molecule has 4 nitrogen and oxygen atoms in total. The predicted octanol–water partition coefficient (Wildman–Crippen LogP) is 2.49. The Labute approximate surface area is 124 Å². The molecule has 0 aliphatic heterocycles. The minimum absolute atomic E-state index is 0.252. The van der Waals surface area contributed by atoms with Gasteiger partial charge in [0.2, 0.25) is 9.84 Å². The van der Waals surface area contributed by atoms with Crippen LogP contribution in [0.4, 0.5) is 14.5 Å². The van der Waals surface area contributed by atoms with Crippen LogP contribution in [0.3, 0.4) is 0 Å². The summed E-state index contributed by atoms with van der Waals surface area (Å²) in [7, 11) is -4.63. The van der Waals surface area contributed by atoms with Gasteiger partial charge in [0.15, 0.2) is 0 Å². The van der Waals surface area contributed by atoms with Crippen molar-refractivity contribution in [3.8, 4) is 0 Å². The highest BCUT2D eigenvalue weighted by atomic mass is 32.2. The zero-order chi connectivity index (χ0) is 16.3. The van der Waals surface area contributed by atoms with Crippen LogP contribution in [0.5, 0.6) is 0 Å². The first kappa shape index (κ1) is 17.8. The summed E-state index contributed by atoms with van der Waals surface area (Å²) in [6, 6.07) is 5.85. The van der Waals surface area contributed by atoms with Crippen LogP contribution in [0.25, 0.3) is 0 Å². The first-order chi connectivity index (χ1) is 9.65. The van der Waals surface area contributed by atoms with Gasteiger partial charge in [-0.3, -0.25) is 0 Å². The minimum atomic E-state index is -4.63. The monoisotopic (exact) mass is 320 g/mol. The molecule has 1 aromatic carbocycles. The lowest BCUT2D eigenvalue weighted by atomic mass is 9.93. The van der Waals surface area contributed by atoms with Crippen molar-refractivity contribution in [1.82, 2.24) is 0 Å². The lowest BCUT2D eigenvalue weighted by Crippen LogP contribution is -2.39. The number of para-hydroxylation sites is 1. The maximum atomic E-state index is 12.8. The minimum Gasteiger partial charge on any atom is -0.370 e. The second kappa shape index (κ2) is 6.70. The molecule has 0 fully saturated rings. The number of hydrogen-bond acceptors (Lipinski definition) is 4. The normalized spacial score (nSPS) is 12.7. The topological polar surface area (TPSA) is 63.4 Å². The molecule has 0 aliphatic rings. The number of alkyl halides is 2. The van der Waals surface area contributed by atoms with Crippen molar-refractivity contribution in [2.45, 2.75) is 31.4 Å². The maximum Gasteiger partial charge on any atom is 0.341 e. The summed E-state index contributed by atoms with van der Waals surface area (Å²) in [4.78, 5) is 1.43. The molecule has 0 saturated heterocycles. The summed E-state index contributed by atoms with van der Waals surface area (Å²) < 4.78 is 49.3. The fourth-order valence-corrected chi connectivity index (χ4v) is 2.95. The van der Waals surface area contributed by atoms with Crippen molar-refractivity contribution in [3.63, 3.8) is 0 Å². The van der Waals surface area contributed by atoms with Crippen LogP contribution in [0, 0.1) is 5.41 Å². The lowest BCUT2D eigenvalue weighted by Gasteiger charge is -2.33. The van der Waals surface area contributed by atoms with E-state index in [0.29, 0.717) is 25.3 Å². The van der Waals surface area contributed by atoms with E-state index >= 15 is 0 Å². The Bertz CT molecular complexity index is 574. The van der Waals surface area contributed by atoms with Gasteiger partial charge in [-0.05, 0) is 31.0 Å². The smallest absolute Gasteiger partial charge is 0.341 e. The summed E-state index contributed by atoms with van der Waals surface area (Å²) in [5.41, 5.74) is 5.74.